The van der Waals surface area contributed by atoms with Crippen molar-refractivity contribution in [3.63, 3.8) is 0 Å². The third-order valence-electron chi connectivity index (χ3n) is 4.20. The van der Waals surface area contributed by atoms with E-state index in [2.05, 4.69) is 5.32 Å². The van der Waals surface area contributed by atoms with Crippen LogP contribution in [0.1, 0.15) is 56.7 Å². The summed E-state index contributed by atoms with van der Waals surface area (Å²) in [5.74, 6) is -1.14. The lowest BCUT2D eigenvalue weighted by atomic mass is 10.1. The van der Waals surface area contributed by atoms with Crippen molar-refractivity contribution in [2.45, 2.75) is 27.7 Å². The van der Waals surface area contributed by atoms with Crippen molar-refractivity contribution in [3.8, 4) is 0 Å². The van der Waals surface area contributed by atoms with Crippen LogP contribution in [0.5, 0.6) is 0 Å². The third-order valence-corrected chi connectivity index (χ3v) is 5.65. The van der Waals surface area contributed by atoms with E-state index in [1.54, 1.807) is 43.0 Å². The van der Waals surface area contributed by atoms with Crippen molar-refractivity contribution in [1.29, 1.82) is 0 Å². The van der Waals surface area contributed by atoms with Crippen LogP contribution in [0.15, 0.2) is 24.3 Å². The maximum Gasteiger partial charge on any atom is 0.341 e. The van der Waals surface area contributed by atoms with Crippen LogP contribution in [0.3, 0.4) is 0 Å². The summed E-state index contributed by atoms with van der Waals surface area (Å²) in [6.45, 7) is 8.46. The van der Waals surface area contributed by atoms with Crippen molar-refractivity contribution in [2.24, 2.45) is 0 Å². The topological polar surface area (TPSA) is 75.7 Å². The Kier molecular flexibility index (Phi) is 7.60. The van der Waals surface area contributed by atoms with Gasteiger partial charge in [-0.1, -0.05) is 11.6 Å². The number of nitrogens with one attached hydrogen (secondary N) is 1. The van der Waals surface area contributed by atoms with Gasteiger partial charge in [-0.2, -0.15) is 0 Å². The van der Waals surface area contributed by atoms with Gasteiger partial charge in [0.1, 0.15) is 5.00 Å². The second-order valence-corrected chi connectivity index (χ2v) is 7.38. The number of ether oxygens (including phenoxy) is 1. The Bertz CT molecular complexity index is 873. The first-order chi connectivity index (χ1) is 13.3. The van der Waals surface area contributed by atoms with E-state index in [1.807, 2.05) is 13.8 Å². The van der Waals surface area contributed by atoms with Crippen molar-refractivity contribution in [2.75, 3.05) is 25.0 Å². The maximum absolute atomic E-state index is 12.8. The van der Waals surface area contributed by atoms with E-state index in [1.165, 1.54) is 0 Å². The van der Waals surface area contributed by atoms with Gasteiger partial charge in [0.25, 0.3) is 11.8 Å². The number of carbonyl (C=O) groups is 3. The van der Waals surface area contributed by atoms with Gasteiger partial charge < -0.3 is 15.0 Å². The molecule has 150 valence electrons. The molecular weight excluding hydrogens is 400 g/mol. The van der Waals surface area contributed by atoms with Crippen molar-refractivity contribution < 1.29 is 19.1 Å². The fourth-order valence-corrected chi connectivity index (χ4v) is 3.97. The Morgan fingerprint density at radius 1 is 1.11 bits per heavy atom. The summed E-state index contributed by atoms with van der Waals surface area (Å²) in [6, 6.07) is 6.39. The minimum atomic E-state index is -0.568. The molecule has 0 unspecified atom stereocenters. The van der Waals surface area contributed by atoms with Crippen LogP contribution in [-0.2, 0) is 4.74 Å². The molecule has 1 heterocycles. The van der Waals surface area contributed by atoms with Gasteiger partial charge in [-0.15, -0.1) is 11.3 Å². The van der Waals surface area contributed by atoms with Gasteiger partial charge in [0.15, 0.2) is 0 Å². The molecule has 0 aliphatic carbocycles. The number of carbonyl (C=O) groups excluding carboxylic acids is 3. The molecule has 8 heteroatoms. The van der Waals surface area contributed by atoms with E-state index < -0.39 is 11.9 Å². The number of halogens is 1. The quantitative estimate of drug-likeness (QED) is 0.660. The summed E-state index contributed by atoms with van der Waals surface area (Å²) in [5, 5.41) is 3.56. The molecule has 28 heavy (non-hydrogen) atoms. The number of hydrogen-bond acceptors (Lipinski definition) is 5. The highest BCUT2D eigenvalue weighted by Gasteiger charge is 2.28. The zero-order valence-corrected chi connectivity index (χ0v) is 17.9. The van der Waals surface area contributed by atoms with Crippen LogP contribution < -0.4 is 5.32 Å². The molecule has 0 radical (unpaired) electrons. The number of thiophene rings is 1. The molecule has 0 fully saturated rings. The fraction of sp³-hybridized carbons (Fsp3) is 0.350. The van der Waals surface area contributed by atoms with E-state index in [9.17, 15) is 14.4 Å². The lowest BCUT2D eigenvalue weighted by molar-refractivity contribution is 0.0527. The summed E-state index contributed by atoms with van der Waals surface area (Å²) in [6.07, 6.45) is 0. The highest BCUT2D eigenvalue weighted by atomic mass is 35.5. The summed E-state index contributed by atoms with van der Waals surface area (Å²) >= 11 is 6.94. The second kappa shape index (κ2) is 9.71. The molecule has 2 aromatic rings. The Morgan fingerprint density at radius 3 is 2.25 bits per heavy atom. The standard InChI is InChI=1S/C20H23ClN2O4S/c1-5-23(6-2)19(25)16-12(4)15(20(26)27-7-3)18(28-16)22-17(24)13-8-10-14(21)11-9-13/h8-11H,5-7H2,1-4H3,(H,22,24). The summed E-state index contributed by atoms with van der Waals surface area (Å²) in [7, 11) is 0. The summed E-state index contributed by atoms with van der Waals surface area (Å²) in [4.78, 5) is 40.0. The molecule has 6 nitrogen and oxygen atoms in total. The van der Waals surface area contributed by atoms with E-state index in [4.69, 9.17) is 16.3 Å². The number of hydrogen-bond donors (Lipinski definition) is 1. The van der Waals surface area contributed by atoms with Crippen molar-refractivity contribution in [3.05, 3.63) is 50.9 Å². The van der Waals surface area contributed by atoms with E-state index >= 15 is 0 Å². The number of benzene rings is 1. The zero-order valence-electron chi connectivity index (χ0n) is 16.3. The summed E-state index contributed by atoms with van der Waals surface area (Å²) in [5.41, 5.74) is 1.11. The van der Waals surface area contributed by atoms with E-state index in [-0.39, 0.29) is 18.1 Å². The van der Waals surface area contributed by atoms with Crippen LogP contribution in [-0.4, -0.2) is 42.4 Å². The van der Waals surface area contributed by atoms with Crippen LogP contribution in [0, 0.1) is 6.92 Å². The summed E-state index contributed by atoms with van der Waals surface area (Å²) < 4.78 is 5.13. The molecule has 1 aromatic heterocycles. The van der Waals surface area contributed by atoms with Gasteiger partial charge in [-0.25, -0.2) is 4.79 Å². The predicted molar refractivity (Wildman–Crippen MR) is 112 cm³/mol. The molecule has 0 saturated carbocycles. The highest BCUT2D eigenvalue weighted by molar-refractivity contribution is 7.18. The number of amides is 2. The molecular formula is C20H23ClN2O4S. The Balaban J connectivity index is 2.44. The average molecular weight is 423 g/mol. The van der Waals surface area contributed by atoms with Gasteiger partial charge in [-0.05, 0) is 57.5 Å². The Hall–Kier alpha value is -2.38. The third kappa shape index (κ3) is 4.72. The van der Waals surface area contributed by atoms with Gasteiger partial charge in [0, 0.05) is 23.7 Å². The molecule has 2 amide bonds. The number of rotatable bonds is 7. The Labute approximate surface area is 173 Å². The van der Waals surface area contributed by atoms with Crippen LogP contribution in [0.2, 0.25) is 5.02 Å². The first-order valence-electron chi connectivity index (χ1n) is 9.00. The predicted octanol–water partition coefficient (Wildman–Crippen LogP) is 4.62. The van der Waals surface area contributed by atoms with Gasteiger partial charge in [-0.3, -0.25) is 9.59 Å². The molecule has 0 saturated heterocycles. The molecule has 0 bridgehead atoms. The van der Waals surface area contributed by atoms with Gasteiger partial charge >= 0.3 is 5.97 Å². The lowest BCUT2D eigenvalue weighted by Crippen LogP contribution is -2.30. The molecule has 0 atom stereocenters. The molecule has 1 N–H and O–H groups in total. The first-order valence-corrected chi connectivity index (χ1v) is 10.2. The average Bonchev–Trinajstić information content (AvgIpc) is 2.99. The van der Waals surface area contributed by atoms with E-state index in [0.29, 0.717) is 39.1 Å². The maximum atomic E-state index is 12.8. The van der Waals surface area contributed by atoms with Crippen molar-refractivity contribution >= 4 is 45.7 Å². The number of anilines is 1. The molecule has 2 rings (SSSR count). The second-order valence-electron chi connectivity index (χ2n) is 5.92. The smallest absolute Gasteiger partial charge is 0.341 e. The molecule has 0 aliphatic rings. The molecule has 1 aromatic carbocycles. The highest BCUT2D eigenvalue weighted by Crippen LogP contribution is 2.35. The minimum absolute atomic E-state index is 0.176. The Morgan fingerprint density at radius 2 is 1.71 bits per heavy atom. The van der Waals surface area contributed by atoms with E-state index in [0.717, 1.165) is 11.3 Å². The van der Waals surface area contributed by atoms with Crippen molar-refractivity contribution in [1.82, 2.24) is 4.90 Å². The SMILES string of the molecule is CCOC(=O)c1c(NC(=O)c2ccc(Cl)cc2)sc(C(=O)N(CC)CC)c1C. The van der Waals surface area contributed by atoms with Gasteiger partial charge in [0.2, 0.25) is 0 Å². The zero-order chi connectivity index (χ0) is 20.8. The largest absolute Gasteiger partial charge is 0.462 e. The number of esters is 1. The fourth-order valence-electron chi connectivity index (χ4n) is 2.69. The van der Waals surface area contributed by atoms with Crippen LogP contribution in [0.4, 0.5) is 5.00 Å². The number of nitrogens with zero attached hydrogens (tertiary/aromatic N) is 1. The molecule has 0 spiro atoms. The van der Waals surface area contributed by atoms with Crippen LogP contribution >= 0.6 is 22.9 Å². The first kappa shape index (κ1) is 21.9. The molecule has 0 aliphatic heterocycles. The normalized spacial score (nSPS) is 10.5. The van der Waals surface area contributed by atoms with Gasteiger partial charge in [0.05, 0.1) is 17.0 Å². The minimum Gasteiger partial charge on any atom is -0.462 e. The monoisotopic (exact) mass is 422 g/mol. The van der Waals surface area contributed by atoms with Crippen LogP contribution in [0.25, 0.3) is 0 Å². The lowest BCUT2D eigenvalue weighted by Gasteiger charge is -2.18.